The van der Waals surface area contributed by atoms with E-state index in [1.807, 2.05) is 0 Å². The van der Waals surface area contributed by atoms with E-state index in [1.54, 1.807) is 29.6 Å². The van der Waals surface area contributed by atoms with Crippen molar-refractivity contribution in [2.45, 2.75) is 12.8 Å². The summed E-state index contributed by atoms with van der Waals surface area (Å²) in [6, 6.07) is 11.9. The monoisotopic (exact) mass is 433 g/mol. The highest BCUT2D eigenvalue weighted by Crippen LogP contribution is 2.32. The van der Waals surface area contributed by atoms with Gasteiger partial charge in [0, 0.05) is 23.6 Å². The van der Waals surface area contributed by atoms with Crippen LogP contribution in [-0.2, 0) is 19.8 Å². The molecule has 0 fully saturated rings. The first kappa shape index (κ1) is 19.8. The van der Waals surface area contributed by atoms with Crippen LogP contribution in [0, 0.1) is 0 Å². The molecule has 2 heterocycles. The van der Waals surface area contributed by atoms with Crippen molar-refractivity contribution in [3.63, 3.8) is 0 Å². The summed E-state index contributed by atoms with van der Waals surface area (Å²) in [4.78, 5) is 16.4. The van der Waals surface area contributed by atoms with E-state index in [-0.39, 0.29) is 12.3 Å². The van der Waals surface area contributed by atoms with Gasteiger partial charge in [0.15, 0.2) is 0 Å². The van der Waals surface area contributed by atoms with Crippen LogP contribution in [-0.4, -0.2) is 24.8 Å². The van der Waals surface area contributed by atoms with Gasteiger partial charge in [-0.1, -0.05) is 41.7 Å². The fourth-order valence-corrected chi connectivity index (χ4v) is 3.41. The minimum atomic E-state index is -4.38. The third-order valence-electron chi connectivity index (χ3n) is 4.28. The first-order valence-corrected chi connectivity index (χ1v) is 9.54. The summed E-state index contributed by atoms with van der Waals surface area (Å²) in [7, 11) is 1.50. The number of tetrazole rings is 1. The van der Waals surface area contributed by atoms with Crippen molar-refractivity contribution < 1.29 is 17.9 Å². The molecule has 7 nitrogen and oxygen atoms in total. The highest BCUT2D eigenvalue weighted by molar-refractivity contribution is 7.11. The molecule has 0 radical (unpaired) electrons. The smallest absolute Gasteiger partial charge is 0.416 e. The first-order chi connectivity index (χ1) is 14.3. The first-order valence-electron chi connectivity index (χ1n) is 8.66. The second-order valence-corrected chi connectivity index (χ2v) is 7.11. The molecule has 4 rings (SSSR count). The fraction of sp³-hybridized carbons (Fsp3) is 0.158. The van der Waals surface area contributed by atoms with Crippen molar-refractivity contribution in [3.8, 4) is 22.1 Å². The molecule has 2 aromatic heterocycles. The number of hydrogen-bond acceptors (Lipinski definition) is 6. The summed E-state index contributed by atoms with van der Waals surface area (Å²) < 4.78 is 46.1. The normalized spacial score (nSPS) is 11.6. The lowest BCUT2D eigenvalue weighted by Crippen LogP contribution is -2.23. The molecule has 2 aromatic carbocycles. The molecule has 0 atom stereocenters. The average molecular weight is 433 g/mol. The second kappa shape index (κ2) is 7.75. The Hall–Kier alpha value is -3.47. The van der Waals surface area contributed by atoms with Crippen molar-refractivity contribution in [1.82, 2.24) is 24.8 Å². The summed E-state index contributed by atoms with van der Waals surface area (Å²) in [6.07, 6.45) is -4.38. The molecule has 154 valence electrons. The number of alkyl halides is 3. The number of halogens is 3. The van der Waals surface area contributed by atoms with E-state index >= 15 is 0 Å². The van der Waals surface area contributed by atoms with Gasteiger partial charge >= 0.3 is 11.9 Å². The van der Waals surface area contributed by atoms with Crippen LogP contribution in [0.2, 0.25) is 0 Å². The lowest BCUT2D eigenvalue weighted by Gasteiger charge is -2.08. The lowest BCUT2D eigenvalue weighted by atomic mass is 10.1. The Morgan fingerprint density at radius 3 is 2.47 bits per heavy atom. The summed E-state index contributed by atoms with van der Waals surface area (Å²) in [5, 5.41) is 9.60. The van der Waals surface area contributed by atoms with Crippen LogP contribution in [0.5, 0.6) is 5.19 Å². The summed E-state index contributed by atoms with van der Waals surface area (Å²) in [6.45, 7) is 0.124. The van der Waals surface area contributed by atoms with Gasteiger partial charge < -0.3 is 4.74 Å². The van der Waals surface area contributed by atoms with Gasteiger partial charge in [-0.3, -0.25) is 0 Å². The number of thiazole rings is 1. The van der Waals surface area contributed by atoms with Gasteiger partial charge in [-0.15, -0.1) is 0 Å². The van der Waals surface area contributed by atoms with E-state index < -0.39 is 11.7 Å². The highest BCUT2D eigenvalue weighted by atomic mass is 32.1. The van der Waals surface area contributed by atoms with Crippen molar-refractivity contribution in [2.24, 2.45) is 7.05 Å². The summed E-state index contributed by atoms with van der Waals surface area (Å²) in [5.74, 6) is 0. The van der Waals surface area contributed by atoms with Crippen molar-refractivity contribution in [2.75, 3.05) is 0 Å². The quantitative estimate of drug-likeness (QED) is 0.480. The predicted molar refractivity (Wildman–Crippen MR) is 103 cm³/mol. The molecule has 0 amide bonds. The Morgan fingerprint density at radius 2 is 1.80 bits per heavy atom. The van der Waals surface area contributed by atoms with Gasteiger partial charge in [0.05, 0.1) is 16.9 Å². The van der Waals surface area contributed by atoms with Gasteiger partial charge in [0.1, 0.15) is 6.61 Å². The van der Waals surface area contributed by atoms with Crippen LogP contribution in [0.25, 0.3) is 16.9 Å². The maximum atomic E-state index is 12.7. The lowest BCUT2D eigenvalue weighted by molar-refractivity contribution is -0.137. The number of hydrogen-bond donors (Lipinski definition) is 0. The van der Waals surface area contributed by atoms with Gasteiger partial charge in [-0.2, -0.15) is 22.5 Å². The number of para-hydroxylation sites is 1. The molecule has 4 aromatic rings. The number of aromatic nitrogens is 5. The van der Waals surface area contributed by atoms with E-state index in [0.717, 1.165) is 16.8 Å². The van der Waals surface area contributed by atoms with Crippen LogP contribution < -0.4 is 10.4 Å². The van der Waals surface area contributed by atoms with E-state index in [1.165, 1.54) is 35.2 Å². The highest BCUT2D eigenvalue weighted by Gasteiger charge is 2.30. The summed E-state index contributed by atoms with van der Waals surface area (Å²) in [5.41, 5.74) is 1.21. The second-order valence-electron chi connectivity index (χ2n) is 6.29. The molecule has 0 bridgehead atoms. The number of benzene rings is 2. The van der Waals surface area contributed by atoms with E-state index in [2.05, 4.69) is 15.4 Å². The Morgan fingerprint density at radius 1 is 1.07 bits per heavy atom. The molecule has 0 unspecified atom stereocenters. The van der Waals surface area contributed by atoms with Crippen molar-refractivity contribution in [1.29, 1.82) is 0 Å². The fourth-order valence-electron chi connectivity index (χ4n) is 2.73. The largest absolute Gasteiger partial charge is 0.465 e. The molecular weight excluding hydrogens is 419 g/mol. The summed E-state index contributed by atoms with van der Waals surface area (Å²) >= 11 is 1.23. The maximum Gasteiger partial charge on any atom is 0.416 e. The Labute approximate surface area is 172 Å². The van der Waals surface area contributed by atoms with E-state index in [4.69, 9.17) is 4.74 Å². The van der Waals surface area contributed by atoms with Crippen LogP contribution in [0.4, 0.5) is 13.2 Å². The third kappa shape index (κ3) is 3.96. The molecule has 0 aliphatic heterocycles. The molecule has 11 heteroatoms. The van der Waals surface area contributed by atoms with E-state index in [0.29, 0.717) is 27.7 Å². The van der Waals surface area contributed by atoms with Crippen molar-refractivity contribution in [3.05, 3.63) is 75.5 Å². The molecule has 0 aliphatic rings. The number of rotatable bonds is 5. The SMILES string of the molecule is Cn1nnn(-c2ccccc2COc2nc(-c3ccc(C(F)(F)F)cc3)cs2)c1=O. The third-order valence-corrected chi connectivity index (χ3v) is 5.04. The molecule has 30 heavy (non-hydrogen) atoms. The molecule has 0 aliphatic carbocycles. The Bertz CT molecular complexity index is 1230. The zero-order valence-electron chi connectivity index (χ0n) is 15.5. The average Bonchev–Trinajstić information content (AvgIpc) is 3.33. The van der Waals surface area contributed by atoms with E-state index in [9.17, 15) is 18.0 Å². The Kier molecular flexibility index (Phi) is 5.12. The standard InChI is InChI=1S/C19H14F3N5O2S/c1-26-18(28)27(25-24-26)16-5-3-2-4-13(16)10-29-17-23-15(11-30-17)12-6-8-14(9-7-12)19(20,21)22/h2-9,11H,10H2,1H3. The molecule has 0 N–H and O–H groups in total. The molecule has 0 spiro atoms. The predicted octanol–water partition coefficient (Wildman–Crippen LogP) is 3.69. The number of aryl methyl sites for hydroxylation is 1. The zero-order chi connectivity index (χ0) is 21.3. The van der Waals surface area contributed by atoms with Gasteiger partial charge in [0.25, 0.3) is 5.19 Å². The number of ether oxygens (including phenoxy) is 1. The van der Waals surface area contributed by atoms with Crippen LogP contribution in [0.15, 0.2) is 58.7 Å². The van der Waals surface area contributed by atoms with Crippen LogP contribution in [0.3, 0.4) is 0 Å². The Balaban J connectivity index is 1.51. The molecule has 0 saturated heterocycles. The molecular formula is C19H14F3N5O2S. The van der Waals surface area contributed by atoms with Gasteiger partial charge in [0.2, 0.25) is 0 Å². The minimum Gasteiger partial charge on any atom is -0.465 e. The van der Waals surface area contributed by atoms with Crippen LogP contribution >= 0.6 is 11.3 Å². The zero-order valence-corrected chi connectivity index (χ0v) is 16.3. The minimum absolute atomic E-state index is 0.124. The van der Waals surface area contributed by atoms with Crippen molar-refractivity contribution >= 4 is 11.3 Å². The van der Waals surface area contributed by atoms with Gasteiger partial charge in [-0.25, -0.2) is 9.78 Å². The maximum absolute atomic E-state index is 12.7. The van der Waals surface area contributed by atoms with Gasteiger partial charge in [-0.05, 0) is 28.6 Å². The van der Waals surface area contributed by atoms with Crippen LogP contribution in [0.1, 0.15) is 11.1 Å². The topological polar surface area (TPSA) is 74.8 Å². The number of nitrogens with zero attached hydrogens (tertiary/aromatic N) is 5. The molecule has 0 saturated carbocycles.